The molecule has 1 N–H and O–H groups in total. The predicted molar refractivity (Wildman–Crippen MR) is 55.8 cm³/mol. The Morgan fingerprint density at radius 2 is 1.70 bits per heavy atom. The molecule has 0 fully saturated rings. The van der Waals surface area contributed by atoms with Crippen molar-refractivity contribution in [2.75, 3.05) is 4.43 Å². The van der Waals surface area contributed by atoms with E-state index in [0.717, 1.165) is 5.92 Å². The van der Waals surface area contributed by atoms with Crippen molar-refractivity contribution in [3.05, 3.63) is 0 Å². The highest BCUT2D eigenvalue weighted by atomic mass is 127. The molecule has 0 saturated heterocycles. The van der Waals surface area contributed by atoms with Crippen LogP contribution >= 0.6 is 22.6 Å². The lowest BCUT2D eigenvalue weighted by Crippen LogP contribution is -2.39. The largest absolute Gasteiger partial charge is 0.311 e. The lowest BCUT2D eigenvalue weighted by molar-refractivity contribution is 0.405. The molecule has 0 unspecified atom stereocenters. The van der Waals surface area contributed by atoms with Crippen LogP contribution in [-0.2, 0) is 0 Å². The topological polar surface area (TPSA) is 12.0 Å². The molecule has 62 valence electrons. The molecule has 1 atom stereocenters. The highest BCUT2D eigenvalue weighted by Gasteiger charge is 2.11. The average Bonchev–Trinajstić information content (AvgIpc) is 1.81. The van der Waals surface area contributed by atoms with Crippen LogP contribution in [-0.4, -0.2) is 16.5 Å². The second kappa shape index (κ2) is 5.35. The molecule has 0 rings (SSSR count). The number of hydrogen-bond donors (Lipinski definition) is 1. The zero-order chi connectivity index (χ0) is 8.15. The molecule has 0 amide bonds. The number of rotatable bonds is 4. The smallest absolute Gasteiger partial charge is 0.0182 e. The van der Waals surface area contributed by atoms with E-state index in [0.29, 0.717) is 12.1 Å². The van der Waals surface area contributed by atoms with Crippen LogP contribution in [0.5, 0.6) is 0 Å². The summed E-state index contributed by atoms with van der Waals surface area (Å²) in [4.78, 5) is 0. The fourth-order valence-electron chi connectivity index (χ4n) is 0.843. The first kappa shape index (κ1) is 10.7. The van der Waals surface area contributed by atoms with E-state index in [1.165, 1.54) is 4.43 Å². The molecule has 0 spiro atoms. The molecule has 10 heavy (non-hydrogen) atoms. The third-order valence-corrected chi connectivity index (χ3v) is 2.47. The predicted octanol–water partition coefficient (Wildman–Crippen LogP) is 2.44. The van der Waals surface area contributed by atoms with Crippen LogP contribution in [0, 0.1) is 5.92 Å². The quantitative estimate of drug-likeness (QED) is 0.601. The molecule has 0 aliphatic heterocycles. The molecule has 0 heterocycles. The van der Waals surface area contributed by atoms with E-state index >= 15 is 0 Å². The summed E-state index contributed by atoms with van der Waals surface area (Å²) in [7, 11) is 0. The van der Waals surface area contributed by atoms with Gasteiger partial charge in [-0.3, -0.25) is 0 Å². The molecule has 2 heteroatoms. The Bertz CT molecular complexity index is 81.3. The third-order valence-electron chi connectivity index (χ3n) is 1.52. The van der Waals surface area contributed by atoms with Gasteiger partial charge >= 0.3 is 0 Å². The van der Waals surface area contributed by atoms with Gasteiger partial charge in [-0.2, -0.15) is 0 Å². The van der Waals surface area contributed by atoms with Crippen LogP contribution in [0.25, 0.3) is 0 Å². The van der Waals surface area contributed by atoms with Crippen LogP contribution in [0.1, 0.15) is 27.7 Å². The van der Waals surface area contributed by atoms with Crippen molar-refractivity contribution in [2.45, 2.75) is 39.8 Å². The minimum atomic E-state index is 0.613. The highest BCUT2D eigenvalue weighted by Crippen LogP contribution is 2.05. The first-order valence-electron chi connectivity index (χ1n) is 3.90. The van der Waals surface area contributed by atoms with Crippen molar-refractivity contribution < 1.29 is 0 Å². The van der Waals surface area contributed by atoms with Crippen LogP contribution in [0.15, 0.2) is 0 Å². The fourth-order valence-corrected chi connectivity index (χ4v) is 2.11. The third kappa shape index (κ3) is 4.50. The Kier molecular flexibility index (Phi) is 5.72. The molecular formula is C8H18IN. The Hall–Kier alpha value is 0.690. The van der Waals surface area contributed by atoms with Crippen molar-refractivity contribution in [2.24, 2.45) is 5.92 Å². The van der Waals surface area contributed by atoms with Crippen molar-refractivity contribution in [1.82, 2.24) is 5.32 Å². The SMILES string of the molecule is CC(C)N[C@H](CI)C(C)C. The van der Waals surface area contributed by atoms with Crippen molar-refractivity contribution in [1.29, 1.82) is 0 Å². The average molecular weight is 255 g/mol. The summed E-state index contributed by atoms with van der Waals surface area (Å²) in [6.07, 6.45) is 0. The molecule has 0 aromatic rings. The minimum Gasteiger partial charge on any atom is -0.311 e. The van der Waals surface area contributed by atoms with Gasteiger partial charge in [0.05, 0.1) is 0 Å². The molecule has 1 nitrogen and oxygen atoms in total. The van der Waals surface area contributed by atoms with Crippen LogP contribution in [0.2, 0.25) is 0 Å². The van der Waals surface area contributed by atoms with E-state index in [4.69, 9.17) is 0 Å². The van der Waals surface area contributed by atoms with Gasteiger partial charge in [-0.15, -0.1) is 0 Å². The summed E-state index contributed by atoms with van der Waals surface area (Å²) >= 11 is 2.44. The summed E-state index contributed by atoms with van der Waals surface area (Å²) < 4.78 is 1.20. The van der Waals surface area contributed by atoms with Gasteiger partial charge in [-0.05, 0) is 5.92 Å². The molecule has 0 aromatic carbocycles. The highest BCUT2D eigenvalue weighted by molar-refractivity contribution is 14.1. The van der Waals surface area contributed by atoms with Crippen molar-refractivity contribution >= 4 is 22.6 Å². The van der Waals surface area contributed by atoms with E-state index < -0.39 is 0 Å². The standard InChI is InChI=1S/C8H18IN/c1-6(2)8(5-9)10-7(3)4/h6-8,10H,5H2,1-4H3/t8-/m1/s1. The first-order valence-corrected chi connectivity index (χ1v) is 5.42. The van der Waals surface area contributed by atoms with Crippen molar-refractivity contribution in [3.8, 4) is 0 Å². The Morgan fingerprint density at radius 1 is 1.20 bits per heavy atom. The monoisotopic (exact) mass is 255 g/mol. The molecule has 0 aromatic heterocycles. The normalized spacial score (nSPS) is 14.7. The maximum Gasteiger partial charge on any atom is 0.0182 e. The molecule has 0 aliphatic carbocycles. The van der Waals surface area contributed by atoms with E-state index in [2.05, 4.69) is 55.6 Å². The maximum absolute atomic E-state index is 3.52. The fraction of sp³-hybridized carbons (Fsp3) is 1.00. The Morgan fingerprint density at radius 3 is 1.80 bits per heavy atom. The van der Waals surface area contributed by atoms with Gasteiger partial charge < -0.3 is 5.32 Å². The van der Waals surface area contributed by atoms with Gasteiger partial charge in [0.2, 0.25) is 0 Å². The number of alkyl halides is 1. The van der Waals surface area contributed by atoms with E-state index in [9.17, 15) is 0 Å². The van der Waals surface area contributed by atoms with Crippen LogP contribution < -0.4 is 5.32 Å². The van der Waals surface area contributed by atoms with E-state index in [-0.39, 0.29) is 0 Å². The van der Waals surface area contributed by atoms with Crippen LogP contribution in [0.4, 0.5) is 0 Å². The van der Waals surface area contributed by atoms with Crippen molar-refractivity contribution in [3.63, 3.8) is 0 Å². The summed E-state index contributed by atoms with van der Waals surface area (Å²) in [5.41, 5.74) is 0. The lowest BCUT2D eigenvalue weighted by atomic mass is 10.1. The Labute approximate surface area is 78.1 Å². The van der Waals surface area contributed by atoms with Gasteiger partial charge in [-0.25, -0.2) is 0 Å². The number of nitrogens with one attached hydrogen (secondary N) is 1. The van der Waals surface area contributed by atoms with Gasteiger partial charge in [0.15, 0.2) is 0 Å². The maximum atomic E-state index is 3.52. The van der Waals surface area contributed by atoms with E-state index in [1.54, 1.807) is 0 Å². The summed E-state index contributed by atoms with van der Waals surface area (Å²) in [6.45, 7) is 8.92. The molecule has 0 bridgehead atoms. The second-order valence-electron chi connectivity index (χ2n) is 3.33. The van der Waals surface area contributed by atoms with Crippen LogP contribution in [0.3, 0.4) is 0 Å². The number of halogens is 1. The van der Waals surface area contributed by atoms with E-state index in [1.807, 2.05) is 0 Å². The zero-order valence-electron chi connectivity index (χ0n) is 7.32. The van der Waals surface area contributed by atoms with Gasteiger partial charge in [0, 0.05) is 16.5 Å². The molecule has 0 radical (unpaired) electrons. The molecule has 0 aliphatic rings. The molecule has 0 saturated carbocycles. The van der Waals surface area contributed by atoms with Gasteiger partial charge in [0.25, 0.3) is 0 Å². The first-order chi connectivity index (χ1) is 4.57. The number of hydrogen-bond acceptors (Lipinski definition) is 1. The van der Waals surface area contributed by atoms with Gasteiger partial charge in [0.1, 0.15) is 0 Å². The Balaban J connectivity index is 3.60. The second-order valence-corrected chi connectivity index (χ2v) is 4.21. The summed E-state index contributed by atoms with van der Waals surface area (Å²) in [6, 6.07) is 1.29. The van der Waals surface area contributed by atoms with Gasteiger partial charge in [-0.1, -0.05) is 50.3 Å². The summed E-state index contributed by atoms with van der Waals surface area (Å²) in [5, 5.41) is 3.52. The zero-order valence-corrected chi connectivity index (χ0v) is 9.47. The molecular weight excluding hydrogens is 237 g/mol. The minimum absolute atomic E-state index is 0.613. The summed E-state index contributed by atoms with van der Waals surface area (Å²) in [5.74, 6) is 0.749. The lowest BCUT2D eigenvalue weighted by Gasteiger charge is -2.22.